The Bertz CT molecular complexity index is 544. The summed E-state index contributed by atoms with van der Waals surface area (Å²) in [4.78, 5) is 44.7. The number of carbonyl (C=O) groups is 4. The van der Waals surface area contributed by atoms with Gasteiger partial charge in [-0.25, -0.2) is 4.79 Å². The van der Waals surface area contributed by atoms with E-state index in [4.69, 9.17) is 5.73 Å². The van der Waals surface area contributed by atoms with Crippen LogP contribution < -0.4 is 16.4 Å². The van der Waals surface area contributed by atoms with Crippen molar-refractivity contribution in [3.63, 3.8) is 0 Å². The molecule has 0 aromatic heterocycles. The number of nitrogens with one attached hydrogen (secondary N) is 2. The van der Waals surface area contributed by atoms with Crippen LogP contribution in [-0.2, 0) is 4.79 Å². The average molecular weight is 328 g/mol. The Morgan fingerprint density at radius 1 is 1.05 bits per heavy atom. The van der Waals surface area contributed by atoms with E-state index in [1.165, 1.54) is 24.3 Å². The van der Waals surface area contributed by atoms with Crippen LogP contribution in [0, 0.1) is 0 Å². The lowest BCUT2D eigenvalue weighted by Gasteiger charge is -2.05. The number of urea groups is 1. The van der Waals surface area contributed by atoms with E-state index < -0.39 is 23.8 Å². The molecule has 8 heteroatoms. The third kappa shape index (κ3) is 4.51. The summed E-state index contributed by atoms with van der Waals surface area (Å²) in [6, 6.07) is 4.53. The fourth-order valence-corrected chi connectivity index (χ4v) is 1.36. The molecule has 0 bridgehead atoms. The van der Waals surface area contributed by atoms with Gasteiger partial charge in [0.1, 0.15) is 0 Å². The molecule has 0 unspecified atom stereocenters. The van der Waals surface area contributed by atoms with Gasteiger partial charge in [0.2, 0.25) is 5.91 Å². The van der Waals surface area contributed by atoms with Crippen molar-refractivity contribution in [3.8, 4) is 0 Å². The average Bonchev–Trinajstić information content (AvgIpc) is 2.37. The lowest BCUT2D eigenvalue weighted by molar-refractivity contribution is -0.117. The second-order valence-electron chi connectivity index (χ2n) is 3.41. The maximum Gasteiger partial charge on any atom is 0.319 e. The molecule has 0 spiro atoms. The minimum Gasteiger partial charge on any atom is -0.351 e. The number of halogens is 1. The zero-order chi connectivity index (χ0) is 14.4. The van der Waals surface area contributed by atoms with Gasteiger partial charge in [0, 0.05) is 11.1 Å². The van der Waals surface area contributed by atoms with Crippen LogP contribution in [0.25, 0.3) is 0 Å². The molecular weight excluding hydrogens is 318 g/mol. The Hall–Kier alpha value is -2.22. The van der Waals surface area contributed by atoms with E-state index >= 15 is 0 Å². The van der Waals surface area contributed by atoms with Crippen molar-refractivity contribution in [1.82, 2.24) is 10.6 Å². The number of imide groups is 2. The van der Waals surface area contributed by atoms with Gasteiger partial charge in [-0.05, 0) is 18.2 Å². The molecule has 0 atom stereocenters. The Kier molecular flexibility index (Phi) is 5.19. The summed E-state index contributed by atoms with van der Waals surface area (Å²) in [5.41, 5.74) is 5.01. The number of hydrogen-bond acceptors (Lipinski definition) is 4. The first-order valence-electron chi connectivity index (χ1n) is 5.05. The van der Waals surface area contributed by atoms with Crippen LogP contribution >= 0.6 is 15.9 Å². The summed E-state index contributed by atoms with van der Waals surface area (Å²) in [5, 5.41) is 3.96. The minimum atomic E-state index is -0.991. The minimum absolute atomic E-state index is 0.0133. The van der Waals surface area contributed by atoms with Crippen LogP contribution in [0.3, 0.4) is 0 Å². The van der Waals surface area contributed by atoms with Crippen molar-refractivity contribution in [3.05, 3.63) is 35.4 Å². The van der Waals surface area contributed by atoms with Gasteiger partial charge < -0.3 is 5.73 Å². The number of benzene rings is 1. The second kappa shape index (κ2) is 6.64. The summed E-state index contributed by atoms with van der Waals surface area (Å²) in [5.74, 6) is -1.87. The second-order valence-corrected chi connectivity index (χ2v) is 3.97. The largest absolute Gasteiger partial charge is 0.351 e. The van der Waals surface area contributed by atoms with Gasteiger partial charge in [0.15, 0.2) is 0 Å². The maximum atomic E-state index is 11.6. The molecule has 0 aliphatic carbocycles. The zero-order valence-electron chi connectivity index (χ0n) is 9.60. The van der Waals surface area contributed by atoms with Gasteiger partial charge in [-0.1, -0.05) is 22.0 Å². The molecule has 1 aromatic carbocycles. The molecule has 19 heavy (non-hydrogen) atoms. The number of rotatable bonds is 3. The molecule has 4 N–H and O–H groups in total. The van der Waals surface area contributed by atoms with Gasteiger partial charge in [0.25, 0.3) is 11.8 Å². The highest BCUT2D eigenvalue weighted by atomic mass is 79.9. The van der Waals surface area contributed by atoms with Crippen molar-refractivity contribution in [1.29, 1.82) is 0 Å². The summed E-state index contributed by atoms with van der Waals surface area (Å²) in [6.07, 6.45) is 0. The first-order valence-corrected chi connectivity index (χ1v) is 6.17. The lowest BCUT2D eigenvalue weighted by atomic mass is 10.1. The molecule has 0 fully saturated rings. The molecule has 0 saturated heterocycles. The Morgan fingerprint density at radius 2 is 1.58 bits per heavy atom. The van der Waals surface area contributed by atoms with E-state index in [0.717, 1.165) is 0 Å². The van der Waals surface area contributed by atoms with Gasteiger partial charge >= 0.3 is 6.03 Å². The van der Waals surface area contributed by atoms with Crippen LogP contribution in [0.4, 0.5) is 4.79 Å². The molecule has 0 saturated carbocycles. The van der Waals surface area contributed by atoms with E-state index in [2.05, 4.69) is 21.2 Å². The number of amides is 5. The number of hydrogen-bond donors (Lipinski definition) is 3. The Morgan fingerprint density at radius 3 is 2.05 bits per heavy atom. The summed E-state index contributed by atoms with van der Waals surface area (Å²) >= 11 is 2.90. The third-order valence-corrected chi connectivity index (χ3v) is 2.51. The zero-order valence-corrected chi connectivity index (χ0v) is 11.2. The summed E-state index contributed by atoms with van der Waals surface area (Å²) in [7, 11) is 0. The smallest absolute Gasteiger partial charge is 0.319 e. The Labute approximate surface area is 116 Å². The molecule has 7 nitrogen and oxygen atoms in total. The molecule has 100 valence electrons. The first kappa shape index (κ1) is 14.8. The third-order valence-electron chi connectivity index (χ3n) is 2.00. The number of carbonyl (C=O) groups excluding carboxylic acids is 4. The fourth-order valence-electron chi connectivity index (χ4n) is 1.22. The van der Waals surface area contributed by atoms with E-state index in [9.17, 15) is 19.2 Å². The van der Waals surface area contributed by atoms with Crippen LogP contribution in [0.2, 0.25) is 0 Å². The quantitative estimate of drug-likeness (QED) is 0.684. The van der Waals surface area contributed by atoms with Crippen LogP contribution in [-0.4, -0.2) is 29.1 Å². The van der Waals surface area contributed by atoms with Crippen LogP contribution in [0.1, 0.15) is 20.7 Å². The molecular formula is C11H10BrN3O4. The predicted molar refractivity (Wildman–Crippen MR) is 69.8 cm³/mol. The van der Waals surface area contributed by atoms with E-state index in [0.29, 0.717) is 0 Å². The van der Waals surface area contributed by atoms with Crippen molar-refractivity contribution in [2.24, 2.45) is 5.73 Å². The molecule has 0 radical (unpaired) electrons. The molecule has 1 aromatic rings. The van der Waals surface area contributed by atoms with E-state index in [1.54, 1.807) is 0 Å². The standard InChI is InChI=1S/C11H10BrN3O4/c12-5-8(16)14-9(17)6-2-1-3-7(4-6)10(18)15-11(13)19/h1-4H,5H2,(H,14,16,17)(H3,13,15,18,19). The highest BCUT2D eigenvalue weighted by Crippen LogP contribution is 2.05. The Balaban J connectivity index is 2.88. The summed E-state index contributed by atoms with van der Waals surface area (Å²) in [6.45, 7) is 0. The van der Waals surface area contributed by atoms with Crippen molar-refractivity contribution < 1.29 is 19.2 Å². The first-order chi connectivity index (χ1) is 8.93. The molecule has 1 rings (SSSR count). The molecule has 0 heterocycles. The topological polar surface area (TPSA) is 118 Å². The van der Waals surface area contributed by atoms with Gasteiger partial charge in [0.05, 0.1) is 5.33 Å². The van der Waals surface area contributed by atoms with Crippen molar-refractivity contribution in [2.75, 3.05) is 5.33 Å². The molecule has 0 aliphatic rings. The number of nitrogens with two attached hydrogens (primary N) is 1. The van der Waals surface area contributed by atoms with E-state index in [1.807, 2.05) is 5.32 Å². The monoisotopic (exact) mass is 327 g/mol. The highest BCUT2D eigenvalue weighted by Gasteiger charge is 2.13. The van der Waals surface area contributed by atoms with Crippen molar-refractivity contribution >= 4 is 39.7 Å². The van der Waals surface area contributed by atoms with E-state index in [-0.39, 0.29) is 16.5 Å². The van der Waals surface area contributed by atoms with Gasteiger partial charge in [-0.2, -0.15) is 0 Å². The fraction of sp³-hybridized carbons (Fsp3) is 0.0909. The molecule has 0 aliphatic heterocycles. The molecule has 5 amide bonds. The van der Waals surface area contributed by atoms with Crippen molar-refractivity contribution in [2.45, 2.75) is 0 Å². The SMILES string of the molecule is NC(=O)NC(=O)c1cccc(C(=O)NC(=O)CBr)c1. The van der Waals surface area contributed by atoms with Crippen LogP contribution in [0.5, 0.6) is 0 Å². The number of alkyl halides is 1. The van der Waals surface area contributed by atoms with Gasteiger partial charge in [-0.15, -0.1) is 0 Å². The number of primary amides is 1. The predicted octanol–water partition coefficient (Wildman–Crippen LogP) is 0.146. The lowest BCUT2D eigenvalue weighted by Crippen LogP contribution is -2.35. The summed E-state index contributed by atoms with van der Waals surface area (Å²) < 4.78 is 0. The van der Waals surface area contributed by atoms with Gasteiger partial charge in [-0.3, -0.25) is 25.0 Å². The normalized spacial score (nSPS) is 9.53. The highest BCUT2D eigenvalue weighted by molar-refractivity contribution is 9.09. The maximum absolute atomic E-state index is 11.6. The van der Waals surface area contributed by atoms with Crippen LogP contribution in [0.15, 0.2) is 24.3 Å².